The van der Waals surface area contributed by atoms with E-state index in [1.54, 1.807) is 23.1 Å². The number of methoxy groups -OCH3 is 2. The van der Waals surface area contributed by atoms with Gasteiger partial charge in [-0.2, -0.15) is 23.0 Å². The van der Waals surface area contributed by atoms with E-state index in [1.165, 1.54) is 20.3 Å². The summed E-state index contributed by atoms with van der Waals surface area (Å²) in [6, 6.07) is 8.17. The minimum atomic E-state index is -4.81. The molecule has 216 valence electrons. The first-order valence-electron chi connectivity index (χ1n) is 12.6. The van der Waals surface area contributed by atoms with E-state index in [-0.39, 0.29) is 50.0 Å². The molecule has 1 aliphatic rings. The van der Waals surface area contributed by atoms with Crippen molar-refractivity contribution in [3.8, 4) is 28.4 Å². The summed E-state index contributed by atoms with van der Waals surface area (Å²) in [6.45, 7) is -0.322. The summed E-state index contributed by atoms with van der Waals surface area (Å²) in [6.07, 6.45) is -4.42. The van der Waals surface area contributed by atoms with Gasteiger partial charge in [-0.3, -0.25) is 4.79 Å². The molecule has 1 aliphatic heterocycles. The van der Waals surface area contributed by atoms with Crippen molar-refractivity contribution >= 4 is 11.4 Å². The van der Waals surface area contributed by atoms with Gasteiger partial charge in [0.2, 0.25) is 0 Å². The summed E-state index contributed by atoms with van der Waals surface area (Å²) in [5.74, 6) is 0.322. The number of alkyl halides is 3. The summed E-state index contributed by atoms with van der Waals surface area (Å²) < 4.78 is 54.1. The van der Waals surface area contributed by atoms with Crippen LogP contribution >= 0.6 is 0 Å². The largest absolute Gasteiger partial charge is 0.497 e. The van der Waals surface area contributed by atoms with Crippen LogP contribution in [0.2, 0.25) is 0 Å². The minimum absolute atomic E-state index is 0.0868. The third-order valence-corrected chi connectivity index (χ3v) is 6.75. The maximum absolute atomic E-state index is 14.2. The third-order valence-electron chi connectivity index (χ3n) is 6.75. The van der Waals surface area contributed by atoms with Gasteiger partial charge in [0.15, 0.2) is 0 Å². The number of benzene rings is 2. The van der Waals surface area contributed by atoms with Crippen molar-refractivity contribution in [1.82, 2.24) is 9.78 Å². The summed E-state index contributed by atoms with van der Waals surface area (Å²) in [4.78, 5) is 15.4. The number of aliphatic hydroxyl groups is 3. The lowest BCUT2D eigenvalue weighted by Crippen LogP contribution is -2.33. The van der Waals surface area contributed by atoms with Gasteiger partial charge in [0.25, 0.3) is 5.56 Å². The first-order valence-corrected chi connectivity index (χ1v) is 12.6. The molecule has 0 spiro atoms. The Bertz CT molecular complexity index is 1390. The molecule has 0 saturated heterocycles. The number of aromatic nitrogens is 2. The maximum Gasteiger partial charge on any atom is 0.418 e. The number of hydrogen-bond donors (Lipinski definition) is 4. The van der Waals surface area contributed by atoms with Crippen LogP contribution in [0.25, 0.3) is 16.9 Å². The molecule has 13 heteroatoms. The molecule has 1 aromatic heterocycles. The lowest BCUT2D eigenvalue weighted by atomic mass is 10.0. The fraction of sp³-hybridized carbons (Fsp3) is 0.407. The number of aliphatic hydroxyl groups excluding tert-OH is 3. The topological polar surface area (TPSA) is 129 Å². The lowest BCUT2D eigenvalue weighted by Gasteiger charge is -2.21. The van der Waals surface area contributed by atoms with E-state index < -0.39 is 28.9 Å². The van der Waals surface area contributed by atoms with Gasteiger partial charge >= 0.3 is 6.18 Å². The predicted octanol–water partition coefficient (Wildman–Crippen LogP) is 2.30. The number of ether oxygens (including phenoxy) is 2. The van der Waals surface area contributed by atoms with E-state index >= 15 is 0 Å². The number of halogens is 3. The highest BCUT2D eigenvalue weighted by molar-refractivity contribution is 5.75. The van der Waals surface area contributed by atoms with E-state index in [1.807, 2.05) is 0 Å². The lowest BCUT2D eigenvalue weighted by molar-refractivity contribution is -0.137. The Balaban J connectivity index is 1.98. The molecule has 0 saturated carbocycles. The van der Waals surface area contributed by atoms with Crippen molar-refractivity contribution in [1.29, 1.82) is 0 Å². The molecule has 0 amide bonds. The first-order chi connectivity index (χ1) is 19.1. The summed E-state index contributed by atoms with van der Waals surface area (Å²) in [5.41, 5.74) is -0.639. The van der Waals surface area contributed by atoms with Gasteiger partial charge in [0, 0.05) is 61.6 Å². The second-order valence-electron chi connectivity index (χ2n) is 9.30. The number of β-amino-alcohol motifs (C(OH)–C–C–N with tert-alkyl or cyclic N) is 1. The molecule has 0 unspecified atom stereocenters. The van der Waals surface area contributed by atoms with Gasteiger partial charge in [-0.05, 0) is 36.8 Å². The molecule has 0 radical (unpaired) electrons. The van der Waals surface area contributed by atoms with Crippen molar-refractivity contribution in [3.63, 3.8) is 0 Å². The zero-order chi connectivity index (χ0) is 29.0. The van der Waals surface area contributed by atoms with Crippen LogP contribution in [0.15, 0.2) is 41.2 Å². The number of fused-ring (bicyclic) bond motifs is 1. The van der Waals surface area contributed by atoms with Crippen LogP contribution in [-0.4, -0.2) is 78.8 Å². The smallest absolute Gasteiger partial charge is 0.418 e. The minimum Gasteiger partial charge on any atom is -0.497 e. The molecule has 4 rings (SSSR count). The molecular weight excluding hydrogens is 533 g/mol. The Labute approximate surface area is 228 Å². The number of rotatable bonds is 11. The monoisotopic (exact) mass is 564 g/mol. The molecular formula is C27H31F3N4O6. The molecule has 4 N–H and O–H groups in total. The highest BCUT2D eigenvalue weighted by Crippen LogP contribution is 2.38. The Kier molecular flexibility index (Phi) is 8.86. The van der Waals surface area contributed by atoms with E-state index in [2.05, 4.69) is 10.4 Å². The van der Waals surface area contributed by atoms with Gasteiger partial charge in [0.1, 0.15) is 17.2 Å². The van der Waals surface area contributed by atoms with Crippen LogP contribution in [0.3, 0.4) is 0 Å². The zero-order valence-corrected chi connectivity index (χ0v) is 22.0. The van der Waals surface area contributed by atoms with Crippen molar-refractivity contribution < 1.29 is 38.0 Å². The SMILES string of the molecule is COc1cc(OC)cc(-c2nn(-c3cc(NCC(CO)CO)ccc3C(F)(F)F)c(=O)c3c2CCN3CCO)c1. The average Bonchev–Trinajstić information content (AvgIpc) is 3.37. The van der Waals surface area contributed by atoms with Crippen molar-refractivity contribution in [2.24, 2.45) is 5.92 Å². The predicted molar refractivity (Wildman–Crippen MR) is 143 cm³/mol. The quantitative estimate of drug-likeness (QED) is 0.277. The molecule has 0 fully saturated rings. The zero-order valence-electron chi connectivity index (χ0n) is 22.0. The summed E-state index contributed by atoms with van der Waals surface area (Å²) >= 11 is 0. The molecule has 2 aromatic carbocycles. The Morgan fingerprint density at radius 1 is 1.05 bits per heavy atom. The van der Waals surface area contributed by atoms with Crippen LogP contribution in [0.5, 0.6) is 11.5 Å². The van der Waals surface area contributed by atoms with Crippen LogP contribution in [0, 0.1) is 5.92 Å². The van der Waals surface area contributed by atoms with E-state index in [9.17, 15) is 33.3 Å². The maximum atomic E-state index is 14.2. The van der Waals surface area contributed by atoms with Crippen LogP contribution in [0.1, 0.15) is 11.1 Å². The number of nitrogens with one attached hydrogen (secondary N) is 1. The molecule has 40 heavy (non-hydrogen) atoms. The second kappa shape index (κ2) is 12.1. The molecule has 3 aromatic rings. The fourth-order valence-electron chi connectivity index (χ4n) is 4.66. The van der Waals surface area contributed by atoms with Crippen LogP contribution in [-0.2, 0) is 12.6 Å². The molecule has 0 bridgehead atoms. The third kappa shape index (κ3) is 5.86. The normalized spacial score (nSPS) is 13.1. The summed E-state index contributed by atoms with van der Waals surface area (Å²) in [7, 11) is 2.93. The molecule has 0 aliphatic carbocycles. The van der Waals surface area contributed by atoms with E-state index in [0.29, 0.717) is 35.6 Å². The Hall–Kier alpha value is -3.81. The second-order valence-corrected chi connectivity index (χ2v) is 9.30. The number of hydrogen-bond acceptors (Lipinski definition) is 9. The first kappa shape index (κ1) is 29.2. The highest BCUT2D eigenvalue weighted by atomic mass is 19.4. The number of nitrogens with zero attached hydrogens (tertiary/aromatic N) is 3. The van der Waals surface area contributed by atoms with Gasteiger partial charge in [0.05, 0.1) is 37.8 Å². The van der Waals surface area contributed by atoms with Crippen LogP contribution < -0.4 is 25.2 Å². The van der Waals surface area contributed by atoms with Crippen molar-refractivity contribution in [3.05, 3.63) is 57.9 Å². The summed E-state index contributed by atoms with van der Waals surface area (Å²) in [5, 5.41) is 35.7. The van der Waals surface area contributed by atoms with Gasteiger partial charge in [-0.15, -0.1) is 0 Å². The van der Waals surface area contributed by atoms with Crippen LogP contribution in [0.4, 0.5) is 24.5 Å². The van der Waals surface area contributed by atoms with Crippen molar-refractivity contribution in [2.45, 2.75) is 12.6 Å². The Morgan fingerprint density at radius 2 is 1.73 bits per heavy atom. The molecule has 10 nitrogen and oxygen atoms in total. The van der Waals surface area contributed by atoms with E-state index in [4.69, 9.17) is 9.47 Å². The average molecular weight is 565 g/mol. The molecule has 2 heterocycles. The van der Waals surface area contributed by atoms with Gasteiger partial charge < -0.3 is 35.0 Å². The standard InChI is InChI=1S/C27H31F3N4O6/c1-39-19-9-17(10-20(12-19)40-2)24-21-5-6-33(7-8-35)25(21)26(38)34(32-24)23-11-18(31-13-16(14-36)15-37)3-4-22(23)27(28,29)30/h3-4,9-12,16,31,35-37H,5-8,13-15H2,1-2H3. The fourth-order valence-corrected chi connectivity index (χ4v) is 4.66. The van der Waals surface area contributed by atoms with Crippen molar-refractivity contribution in [2.75, 3.05) is 63.9 Å². The number of anilines is 2. The Morgan fingerprint density at radius 3 is 2.30 bits per heavy atom. The van der Waals surface area contributed by atoms with Gasteiger partial charge in [-0.25, -0.2) is 0 Å². The molecule has 0 atom stereocenters. The van der Waals surface area contributed by atoms with E-state index in [0.717, 1.165) is 16.8 Å². The highest BCUT2D eigenvalue weighted by Gasteiger charge is 2.36. The van der Waals surface area contributed by atoms with Gasteiger partial charge in [-0.1, -0.05) is 0 Å².